The Kier molecular flexibility index (Phi) is 5.83. The maximum Gasteiger partial charge on any atom is 0.289 e. The predicted octanol–water partition coefficient (Wildman–Crippen LogP) is 2.32. The molecule has 0 saturated heterocycles. The number of rotatable bonds is 7. The summed E-state index contributed by atoms with van der Waals surface area (Å²) in [5.74, 6) is -0.387. The molecule has 7 nitrogen and oxygen atoms in total. The molecule has 0 fully saturated rings. The molecule has 0 bridgehead atoms. The first-order valence-corrected chi connectivity index (χ1v) is 8.85. The number of hydrogen-bond donors (Lipinski definition) is 1. The van der Waals surface area contributed by atoms with E-state index < -0.39 is 25.5 Å². The summed E-state index contributed by atoms with van der Waals surface area (Å²) in [4.78, 5) is 11.7. The fourth-order valence-electron chi connectivity index (χ4n) is 2.39. The molecule has 134 valence electrons. The number of nitrogens with zero attached hydrogens (tertiary/aromatic N) is 2. The molecule has 1 N–H and O–H groups in total. The van der Waals surface area contributed by atoms with Gasteiger partial charge in [0.2, 0.25) is 10.0 Å². The molecule has 2 aromatic rings. The Morgan fingerprint density at radius 2 is 1.76 bits per heavy atom. The van der Waals surface area contributed by atoms with E-state index >= 15 is 0 Å². The van der Waals surface area contributed by atoms with Crippen molar-refractivity contribution in [1.29, 1.82) is 0 Å². The minimum atomic E-state index is -4.07. The van der Waals surface area contributed by atoms with Gasteiger partial charge >= 0.3 is 0 Å². The molecule has 0 unspecified atom stereocenters. The highest BCUT2D eigenvalue weighted by molar-refractivity contribution is 7.89. The van der Waals surface area contributed by atoms with Crippen LogP contribution in [-0.4, -0.2) is 38.9 Å². The summed E-state index contributed by atoms with van der Waals surface area (Å²) in [5, 5.41) is 11.0. The van der Waals surface area contributed by atoms with Crippen molar-refractivity contribution in [3.8, 4) is 0 Å². The Morgan fingerprint density at radius 3 is 2.32 bits per heavy atom. The van der Waals surface area contributed by atoms with Gasteiger partial charge < -0.3 is 4.90 Å². The van der Waals surface area contributed by atoms with E-state index in [0.717, 1.165) is 11.6 Å². The Labute approximate surface area is 145 Å². The van der Waals surface area contributed by atoms with Crippen molar-refractivity contribution in [2.75, 3.05) is 20.6 Å². The van der Waals surface area contributed by atoms with E-state index in [2.05, 4.69) is 4.72 Å². The van der Waals surface area contributed by atoms with Crippen molar-refractivity contribution < 1.29 is 17.7 Å². The average molecular weight is 367 g/mol. The summed E-state index contributed by atoms with van der Waals surface area (Å²) in [6.07, 6.45) is 0. The molecular formula is C16H18FN3O4S. The number of sulfonamides is 1. The Morgan fingerprint density at radius 1 is 1.16 bits per heavy atom. The van der Waals surface area contributed by atoms with Crippen molar-refractivity contribution in [2.24, 2.45) is 0 Å². The van der Waals surface area contributed by atoms with E-state index in [1.165, 1.54) is 30.3 Å². The Bertz CT molecular complexity index is 854. The molecule has 0 spiro atoms. The third-order valence-corrected chi connectivity index (χ3v) is 5.17. The molecule has 0 saturated carbocycles. The Hall–Kier alpha value is -2.36. The topological polar surface area (TPSA) is 92.6 Å². The van der Waals surface area contributed by atoms with Crippen molar-refractivity contribution in [1.82, 2.24) is 9.62 Å². The molecule has 9 heteroatoms. The van der Waals surface area contributed by atoms with E-state index in [1.54, 1.807) is 31.1 Å². The highest BCUT2D eigenvalue weighted by atomic mass is 32.2. The smallest absolute Gasteiger partial charge is 0.289 e. The molecule has 0 radical (unpaired) electrons. The lowest BCUT2D eigenvalue weighted by Crippen LogP contribution is -2.34. The first-order chi connectivity index (χ1) is 11.7. The van der Waals surface area contributed by atoms with E-state index in [4.69, 9.17) is 0 Å². The van der Waals surface area contributed by atoms with Gasteiger partial charge in [-0.2, -0.15) is 0 Å². The summed E-state index contributed by atoms with van der Waals surface area (Å²) in [6.45, 7) is -0.0208. The van der Waals surface area contributed by atoms with Crippen LogP contribution in [0.25, 0.3) is 0 Å². The zero-order valence-electron chi connectivity index (χ0n) is 13.7. The van der Waals surface area contributed by atoms with Gasteiger partial charge in [0, 0.05) is 18.7 Å². The standard InChI is InChI=1S/C16H18FN3O4S/c1-19(2)15(12-7-9-13(17)10-8-12)11-18-25(23,24)16-6-4-3-5-14(16)20(21)22/h3-10,15,18H,11H2,1-2H3/t15-/m1/s1. The zero-order valence-corrected chi connectivity index (χ0v) is 14.5. The van der Waals surface area contributed by atoms with Gasteiger partial charge in [0.05, 0.1) is 4.92 Å². The monoisotopic (exact) mass is 367 g/mol. The highest BCUT2D eigenvalue weighted by Crippen LogP contribution is 2.24. The number of benzene rings is 2. The summed E-state index contributed by atoms with van der Waals surface area (Å²) in [6, 6.07) is 10.5. The van der Waals surface area contributed by atoms with E-state index in [-0.39, 0.29) is 18.4 Å². The lowest BCUT2D eigenvalue weighted by molar-refractivity contribution is -0.387. The maximum atomic E-state index is 13.1. The minimum Gasteiger partial charge on any atom is -0.301 e. The van der Waals surface area contributed by atoms with E-state index in [1.807, 2.05) is 0 Å². The van der Waals surface area contributed by atoms with Gasteiger partial charge in [-0.05, 0) is 37.9 Å². The molecule has 0 aliphatic heterocycles. The van der Waals surface area contributed by atoms with Crippen LogP contribution in [0.5, 0.6) is 0 Å². The molecule has 0 aliphatic carbocycles. The van der Waals surface area contributed by atoms with Crippen LogP contribution in [0.4, 0.5) is 10.1 Å². The van der Waals surface area contributed by atoms with Crippen molar-refractivity contribution >= 4 is 15.7 Å². The summed E-state index contributed by atoms with van der Waals surface area (Å²) in [7, 11) is -0.559. The summed E-state index contributed by atoms with van der Waals surface area (Å²) < 4.78 is 40.4. The number of nitro groups is 1. The molecule has 0 amide bonds. The normalized spacial score (nSPS) is 13.0. The van der Waals surface area contributed by atoms with E-state index in [0.29, 0.717) is 0 Å². The molecular weight excluding hydrogens is 349 g/mol. The van der Waals surface area contributed by atoms with Crippen LogP contribution in [0, 0.1) is 15.9 Å². The first kappa shape index (κ1) is 19.0. The van der Waals surface area contributed by atoms with Gasteiger partial charge in [-0.15, -0.1) is 0 Å². The fourth-order valence-corrected chi connectivity index (χ4v) is 3.59. The minimum absolute atomic E-state index is 0.0208. The van der Waals surface area contributed by atoms with Crippen LogP contribution in [0.2, 0.25) is 0 Å². The Balaban J connectivity index is 2.25. The molecule has 0 heterocycles. The van der Waals surface area contributed by atoms with Gasteiger partial charge in [-0.3, -0.25) is 10.1 Å². The highest BCUT2D eigenvalue weighted by Gasteiger charge is 2.26. The number of hydrogen-bond acceptors (Lipinski definition) is 5. The third-order valence-electron chi connectivity index (χ3n) is 3.70. The quantitative estimate of drug-likeness (QED) is 0.599. The van der Waals surface area contributed by atoms with Gasteiger partial charge in [-0.25, -0.2) is 17.5 Å². The second-order valence-electron chi connectivity index (χ2n) is 5.61. The average Bonchev–Trinajstić information content (AvgIpc) is 2.56. The fraction of sp³-hybridized carbons (Fsp3) is 0.250. The van der Waals surface area contributed by atoms with Crippen LogP contribution >= 0.6 is 0 Å². The van der Waals surface area contributed by atoms with Gasteiger partial charge in [0.15, 0.2) is 4.90 Å². The first-order valence-electron chi connectivity index (χ1n) is 7.37. The predicted molar refractivity (Wildman–Crippen MR) is 91.1 cm³/mol. The number of halogens is 1. The van der Waals surface area contributed by atoms with E-state index in [9.17, 15) is 22.9 Å². The number of likely N-dealkylation sites (N-methyl/N-ethyl adjacent to an activating group) is 1. The lowest BCUT2D eigenvalue weighted by atomic mass is 10.1. The van der Waals surface area contributed by atoms with Gasteiger partial charge in [0.25, 0.3) is 5.69 Å². The van der Waals surface area contributed by atoms with Crippen LogP contribution in [0.1, 0.15) is 11.6 Å². The van der Waals surface area contributed by atoms with Crippen LogP contribution < -0.4 is 4.72 Å². The maximum absolute atomic E-state index is 13.1. The van der Waals surface area contributed by atoms with Crippen molar-refractivity contribution in [3.63, 3.8) is 0 Å². The lowest BCUT2D eigenvalue weighted by Gasteiger charge is -2.25. The zero-order chi connectivity index (χ0) is 18.6. The molecule has 1 atom stereocenters. The largest absolute Gasteiger partial charge is 0.301 e. The number of nitro benzene ring substituents is 1. The van der Waals surface area contributed by atoms with Gasteiger partial charge in [0.1, 0.15) is 5.82 Å². The third kappa shape index (κ3) is 4.59. The molecule has 25 heavy (non-hydrogen) atoms. The molecule has 0 aromatic heterocycles. The second kappa shape index (κ2) is 7.68. The summed E-state index contributed by atoms with van der Waals surface area (Å²) >= 11 is 0. The van der Waals surface area contributed by atoms with Crippen molar-refractivity contribution in [2.45, 2.75) is 10.9 Å². The SMILES string of the molecule is CN(C)[C@H](CNS(=O)(=O)c1ccccc1[N+](=O)[O-])c1ccc(F)cc1. The number of para-hydroxylation sites is 1. The second-order valence-corrected chi connectivity index (χ2v) is 7.34. The van der Waals surface area contributed by atoms with Crippen LogP contribution in [-0.2, 0) is 10.0 Å². The van der Waals surface area contributed by atoms with Crippen molar-refractivity contribution in [3.05, 3.63) is 70.0 Å². The van der Waals surface area contributed by atoms with Gasteiger partial charge in [-0.1, -0.05) is 24.3 Å². The molecule has 2 aromatic carbocycles. The molecule has 0 aliphatic rings. The van der Waals surface area contributed by atoms with Crippen LogP contribution in [0.15, 0.2) is 53.4 Å². The number of nitrogens with one attached hydrogen (secondary N) is 1. The molecule has 2 rings (SSSR count). The van der Waals surface area contributed by atoms with Crippen LogP contribution in [0.3, 0.4) is 0 Å². The summed E-state index contributed by atoms with van der Waals surface area (Å²) in [5.41, 5.74) is 0.231.